The van der Waals surface area contributed by atoms with Crippen molar-refractivity contribution in [1.82, 2.24) is 0 Å². The Labute approximate surface area is 107 Å². The van der Waals surface area contributed by atoms with Crippen molar-refractivity contribution in [1.29, 1.82) is 0 Å². The van der Waals surface area contributed by atoms with Crippen LogP contribution in [0.4, 0.5) is 0 Å². The Morgan fingerprint density at radius 1 is 1.06 bits per heavy atom. The van der Waals surface area contributed by atoms with Crippen LogP contribution in [0.3, 0.4) is 0 Å². The zero-order valence-corrected chi connectivity index (χ0v) is 10.6. The van der Waals surface area contributed by atoms with E-state index in [0.717, 1.165) is 0 Å². The Balaban J connectivity index is 2.57. The van der Waals surface area contributed by atoms with Crippen molar-refractivity contribution >= 4 is 17.8 Å². The Morgan fingerprint density at radius 2 is 1.76 bits per heavy atom. The van der Waals surface area contributed by atoms with E-state index in [9.17, 15) is 4.57 Å². The molecule has 0 saturated carbocycles. The summed E-state index contributed by atoms with van der Waals surface area (Å²) >= 11 is 0. The molecule has 2 aromatic carbocycles. The minimum atomic E-state index is -3.04. The molecule has 0 saturated heterocycles. The summed E-state index contributed by atoms with van der Waals surface area (Å²) < 4.78 is 45.7. The van der Waals surface area contributed by atoms with Crippen LogP contribution in [0.1, 0.15) is 19.3 Å². The van der Waals surface area contributed by atoms with E-state index in [1.165, 1.54) is 0 Å². The van der Waals surface area contributed by atoms with E-state index in [0.29, 0.717) is 21.7 Å². The first-order valence-corrected chi connectivity index (χ1v) is 7.40. The fourth-order valence-corrected chi connectivity index (χ4v) is 5.28. The number of hydrogen-bond acceptors (Lipinski definition) is 1. The number of fused-ring (bicyclic) bond motifs is 3. The summed E-state index contributed by atoms with van der Waals surface area (Å²) in [6, 6.07) is 6.32. The van der Waals surface area contributed by atoms with Crippen LogP contribution in [0, 0.1) is 0 Å². The largest absolute Gasteiger partial charge is 0.313 e. The van der Waals surface area contributed by atoms with Crippen molar-refractivity contribution in [3.05, 3.63) is 48.4 Å². The molecule has 0 spiro atoms. The molecule has 3 rings (SSSR count). The summed E-state index contributed by atoms with van der Waals surface area (Å²) in [6.45, 7) is 3.68. The van der Waals surface area contributed by atoms with Gasteiger partial charge in [0.2, 0.25) is 0 Å². The Bertz CT molecular complexity index is 814. The number of rotatable bonds is 1. The van der Waals surface area contributed by atoms with Crippen molar-refractivity contribution in [3.63, 3.8) is 0 Å². The van der Waals surface area contributed by atoms with Crippen molar-refractivity contribution in [2.24, 2.45) is 0 Å². The predicted octanol–water partition coefficient (Wildman–Crippen LogP) is 3.39. The molecule has 0 aromatic heterocycles. The van der Waals surface area contributed by atoms with Crippen LogP contribution in [-0.4, -0.2) is 5.66 Å². The molecule has 86 valence electrons. The highest BCUT2D eigenvalue weighted by atomic mass is 31.2. The summed E-state index contributed by atoms with van der Waals surface area (Å²) in [4.78, 5) is 0. The van der Waals surface area contributed by atoms with Gasteiger partial charge in [0.25, 0.3) is 0 Å². The van der Waals surface area contributed by atoms with Gasteiger partial charge in [0.1, 0.15) is 7.14 Å². The molecule has 0 N–H and O–H groups in total. The first-order chi connectivity index (χ1) is 9.81. The van der Waals surface area contributed by atoms with Crippen LogP contribution >= 0.6 is 7.14 Å². The molecule has 0 aliphatic carbocycles. The summed E-state index contributed by atoms with van der Waals surface area (Å²) in [7, 11) is -3.04. The number of hydrogen-bond donors (Lipinski definition) is 0. The molecule has 0 bridgehead atoms. The molecular weight excluding hydrogens is 227 g/mol. The highest BCUT2D eigenvalue weighted by Gasteiger charge is 2.40. The monoisotopic (exact) mass is 246 g/mol. The second-order valence-electron chi connectivity index (χ2n) is 4.49. The van der Waals surface area contributed by atoms with E-state index < -0.39 is 7.14 Å². The third-order valence-corrected chi connectivity index (χ3v) is 6.82. The van der Waals surface area contributed by atoms with Gasteiger partial charge in [0, 0.05) is 16.3 Å². The van der Waals surface area contributed by atoms with Gasteiger partial charge in [-0.05, 0) is 11.1 Å². The lowest BCUT2D eigenvalue weighted by molar-refractivity contribution is 0.582. The normalized spacial score (nSPS) is 24.6. The molecule has 1 aliphatic rings. The molecule has 1 heterocycles. The molecule has 0 radical (unpaired) electrons. The van der Waals surface area contributed by atoms with E-state index in [2.05, 4.69) is 0 Å². The van der Waals surface area contributed by atoms with Crippen molar-refractivity contribution < 1.29 is 10.0 Å². The molecule has 1 aliphatic heterocycles. The lowest BCUT2D eigenvalue weighted by Gasteiger charge is -2.18. The Hall–Kier alpha value is -1.33. The van der Waals surface area contributed by atoms with E-state index >= 15 is 0 Å². The molecule has 1 atom stereocenters. The molecule has 0 fully saturated rings. The van der Waals surface area contributed by atoms with E-state index in [4.69, 9.17) is 5.48 Å². The minimum Gasteiger partial charge on any atom is -0.313 e. The fraction of sp³-hybridized carbons (Fsp3) is 0.200. The molecule has 17 heavy (non-hydrogen) atoms. The maximum Gasteiger partial charge on any atom is 0.146 e. The quantitative estimate of drug-likeness (QED) is 0.705. The zero-order chi connectivity index (χ0) is 15.5. The van der Waals surface area contributed by atoms with Gasteiger partial charge >= 0.3 is 0 Å². The van der Waals surface area contributed by atoms with Crippen LogP contribution < -0.4 is 10.6 Å². The molecular formula is C15H15OP. The third-order valence-electron chi connectivity index (χ3n) is 3.26. The SMILES string of the molecule is [2H]c1c([2H])c([2H])c2c(c1[2H])-c1ccccc1P2(=O)C(C)C. The topological polar surface area (TPSA) is 17.1 Å². The summed E-state index contributed by atoms with van der Waals surface area (Å²) in [6.07, 6.45) is 0. The van der Waals surface area contributed by atoms with Gasteiger partial charge in [0.05, 0.1) is 5.48 Å². The maximum absolute atomic E-state index is 13.6. The van der Waals surface area contributed by atoms with E-state index in [1.54, 1.807) is 24.3 Å². The van der Waals surface area contributed by atoms with Gasteiger partial charge < -0.3 is 4.57 Å². The van der Waals surface area contributed by atoms with Gasteiger partial charge in [0.15, 0.2) is 0 Å². The van der Waals surface area contributed by atoms with Crippen LogP contribution in [0.15, 0.2) is 48.4 Å². The van der Waals surface area contributed by atoms with Crippen molar-refractivity contribution in [3.8, 4) is 11.1 Å². The fourth-order valence-electron chi connectivity index (χ4n) is 2.38. The van der Waals surface area contributed by atoms with Crippen molar-refractivity contribution in [2.45, 2.75) is 19.5 Å². The Kier molecular flexibility index (Phi) is 1.51. The first kappa shape index (κ1) is 7.18. The molecule has 2 aromatic rings. The van der Waals surface area contributed by atoms with Crippen LogP contribution in [0.5, 0.6) is 0 Å². The first-order valence-electron chi connectivity index (χ1n) is 7.62. The summed E-state index contributed by atoms with van der Waals surface area (Å²) in [5.74, 6) is 0. The zero-order valence-electron chi connectivity index (χ0n) is 13.7. The van der Waals surface area contributed by atoms with Gasteiger partial charge in [-0.3, -0.25) is 0 Å². The molecule has 2 heteroatoms. The van der Waals surface area contributed by atoms with Gasteiger partial charge in [-0.25, -0.2) is 0 Å². The minimum absolute atomic E-state index is 0.100. The predicted molar refractivity (Wildman–Crippen MR) is 73.9 cm³/mol. The van der Waals surface area contributed by atoms with Crippen molar-refractivity contribution in [2.75, 3.05) is 0 Å². The van der Waals surface area contributed by atoms with Crippen LogP contribution in [0.2, 0.25) is 0 Å². The van der Waals surface area contributed by atoms with Gasteiger partial charge in [-0.1, -0.05) is 62.3 Å². The highest BCUT2D eigenvalue weighted by Crippen LogP contribution is 2.56. The lowest BCUT2D eigenvalue weighted by atomic mass is 10.1. The standard InChI is InChI=1S/C15H15OP/c1-11(2)17(16)14-9-5-3-7-12(14)13-8-4-6-10-15(13)17/h3-11H,1-2H3/i3D,5D,7D,9D. The summed E-state index contributed by atoms with van der Waals surface area (Å²) in [5.41, 5.74) is 0.879. The van der Waals surface area contributed by atoms with Crippen LogP contribution in [0.25, 0.3) is 11.1 Å². The number of benzene rings is 2. The van der Waals surface area contributed by atoms with Gasteiger partial charge in [-0.2, -0.15) is 0 Å². The summed E-state index contributed by atoms with van der Waals surface area (Å²) in [5, 5.41) is 0.951. The molecule has 0 amide bonds. The second kappa shape index (κ2) is 3.58. The second-order valence-corrected chi connectivity index (χ2v) is 7.77. The smallest absolute Gasteiger partial charge is 0.146 e. The lowest BCUT2D eigenvalue weighted by Crippen LogP contribution is -2.17. The molecule has 1 nitrogen and oxygen atoms in total. The van der Waals surface area contributed by atoms with Crippen LogP contribution in [-0.2, 0) is 4.57 Å². The Morgan fingerprint density at radius 3 is 2.53 bits per heavy atom. The maximum atomic E-state index is 13.6. The molecule has 1 unspecified atom stereocenters. The van der Waals surface area contributed by atoms with Gasteiger partial charge in [-0.15, -0.1) is 0 Å². The average molecular weight is 246 g/mol. The third kappa shape index (κ3) is 1.29. The van der Waals surface area contributed by atoms with E-state index in [1.807, 2.05) is 13.8 Å². The average Bonchev–Trinajstić information content (AvgIpc) is 2.74. The highest BCUT2D eigenvalue weighted by molar-refractivity contribution is 7.80. The van der Waals surface area contributed by atoms with E-state index in [-0.39, 0.29) is 29.8 Å².